The fraction of sp³-hybridized carbons (Fsp3) is 0.500. The topological polar surface area (TPSA) is 49.6 Å². The second kappa shape index (κ2) is 7.83. The van der Waals surface area contributed by atoms with Gasteiger partial charge in [0.25, 0.3) is 0 Å². The largest absolute Gasteiger partial charge is 0.361 e. The summed E-state index contributed by atoms with van der Waals surface area (Å²) in [5.41, 5.74) is 3.26. The minimum absolute atomic E-state index is 0.0321. The molecule has 0 saturated carbocycles. The monoisotopic (exact) mass is 341 g/mol. The Balaban J connectivity index is 1.59. The van der Waals surface area contributed by atoms with E-state index < -0.39 is 0 Å². The van der Waals surface area contributed by atoms with Gasteiger partial charge in [-0.15, -0.1) is 0 Å². The first-order valence-corrected chi connectivity index (χ1v) is 9.08. The number of rotatable bonds is 5. The molecule has 5 heteroatoms. The Morgan fingerprint density at radius 3 is 2.40 bits per heavy atom. The van der Waals surface area contributed by atoms with Gasteiger partial charge in [0.15, 0.2) is 0 Å². The van der Waals surface area contributed by atoms with Crippen molar-refractivity contribution in [3.63, 3.8) is 0 Å². The molecular weight excluding hydrogens is 314 g/mol. The average molecular weight is 341 g/mol. The van der Waals surface area contributed by atoms with Crippen LogP contribution in [0, 0.1) is 13.8 Å². The smallest absolute Gasteiger partial charge is 0.230 e. The summed E-state index contributed by atoms with van der Waals surface area (Å²) >= 11 is 0. The molecule has 1 aliphatic rings. The summed E-state index contributed by atoms with van der Waals surface area (Å²) in [6.07, 6.45) is 0.835. The number of hydrogen-bond donors (Lipinski definition) is 0. The van der Waals surface area contributed by atoms with Crippen LogP contribution in [-0.2, 0) is 11.3 Å². The van der Waals surface area contributed by atoms with Crippen molar-refractivity contribution in [3.05, 3.63) is 52.9 Å². The quantitative estimate of drug-likeness (QED) is 0.838. The maximum Gasteiger partial charge on any atom is 0.230 e. The van der Waals surface area contributed by atoms with Gasteiger partial charge in [0.1, 0.15) is 5.76 Å². The van der Waals surface area contributed by atoms with E-state index in [1.54, 1.807) is 0 Å². The standard InChI is InChI=1S/C20H27N3O2/c1-4-18(17-8-6-5-7-9-17)20(24)23-12-10-22(11-13-23)14-19-15(2)21-25-16(19)3/h5-9,18H,4,10-14H2,1-3H3. The molecule has 1 atom stereocenters. The van der Waals surface area contributed by atoms with E-state index in [2.05, 4.69) is 29.1 Å². The van der Waals surface area contributed by atoms with Crippen LogP contribution < -0.4 is 0 Å². The van der Waals surface area contributed by atoms with E-state index in [0.29, 0.717) is 0 Å². The van der Waals surface area contributed by atoms with Gasteiger partial charge in [0.2, 0.25) is 5.91 Å². The Labute approximate surface area is 149 Å². The van der Waals surface area contributed by atoms with Crippen LogP contribution in [0.3, 0.4) is 0 Å². The summed E-state index contributed by atoms with van der Waals surface area (Å²) in [4.78, 5) is 17.3. The van der Waals surface area contributed by atoms with E-state index in [-0.39, 0.29) is 11.8 Å². The molecule has 0 aliphatic carbocycles. The van der Waals surface area contributed by atoms with Gasteiger partial charge in [-0.1, -0.05) is 42.4 Å². The summed E-state index contributed by atoms with van der Waals surface area (Å²) in [7, 11) is 0. The highest BCUT2D eigenvalue weighted by Gasteiger charge is 2.28. The zero-order valence-electron chi connectivity index (χ0n) is 15.4. The number of aryl methyl sites for hydroxylation is 2. The van der Waals surface area contributed by atoms with Gasteiger partial charge in [0.05, 0.1) is 11.6 Å². The molecule has 2 aromatic rings. The molecule has 0 N–H and O–H groups in total. The number of nitrogens with zero attached hydrogens (tertiary/aromatic N) is 3. The predicted molar refractivity (Wildman–Crippen MR) is 97.3 cm³/mol. The van der Waals surface area contributed by atoms with Crippen LogP contribution in [-0.4, -0.2) is 47.0 Å². The fourth-order valence-corrected chi connectivity index (χ4v) is 3.54. The molecule has 1 aromatic heterocycles. The molecule has 5 nitrogen and oxygen atoms in total. The fourth-order valence-electron chi connectivity index (χ4n) is 3.54. The second-order valence-electron chi connectivity index (χ2n) is 6.78. The van der Waals surface area contributed by atoms with Gasteiger partial charge in [-0.2, -0.15) is 0 Å². The third-order valence-electron chi connectivity index (χ3n) is 5.16. The molecule has 0 spiro atoms. The number of hydrogen-bond acceptors (Lipinski definition) is 4. The van der Waals surface area contributed by atoms with Gasteiger partial charge in [-0.05, 0) is 25.8 Å². The van der Waals surface area contributed by atoms with Crippen LogP contribution in [0.25, 0.3) is 0 Å². The average Bonchev–Trinajstić information content (AvgIpc) is 2.96. The van der Waals surface area contributed by atoms with Crippen molar-refractivity contribution in [2.24, 2.45) is 0 Å². The van der Waals surface area contributed by atoms with Gasteiger partial charge < -0.3 is 9.42 Å². The number of carbonyl (C=O) groups is 1. The molecule has 3 rings (SSSR count). The van der Waals surface area contributed by atoms with Gasteiger partial charge >= 0.3 is 0 Å². The lowest BCUT2D eigenvalue weighted by Gasteiger charge is -2.36. The predicted octanol–water partition coefficient (Wildman–Crippen LogP) is 3.13. The summed E-state index contributed by atoms with van der Waals surface area (Å²) in [6.45, 7) is 10.2. The summed E-state index contributed by atoms with van der Waals surface area (Å²) in [5, 5.41) is 4.03. The molecule has 1 aromatic carbocycles. The Hall–Kier alpha value is -2.14. The minimum atomic E-state index is -0.0321. The summed E-state index contributed by atoms with van der Waals surface area (Å²) in [5.74, 6) is 1.12. The molecule has 1 amide bonds. The van der Waals surface area contributed by atoms with E-state index in [0.717, 1.165) is 56.2 Å². The maximum atomic E-state index is 12.9. The second-order valence-corrected chi connectivity index (χ2v) is 6.78. The van der Waals surface area contributed by atoms with Crippen molar-refractivity contribution in [1.29, 1.82) is 0 Å². The molecule has 1 fully saturated rings. The lowest BCUT2D eigenvalue weighted by atomic mass is 9.95. The van der Waals surface area contributed by atoms with E-state index in [1.165, 1.54) is 5.56 Å². The van der Waals surface area contributed by atoms with E-state index in [4.69, 9.17) is 4.52 Å². The van der Waals surface area contributed by atoms with E-state index >= 15 is 0 Å². The first kappa shape index (κ1) is 17.7. The lowest BCUT2D eigenvalue weighted by Crippen LogP contribution is -2.49. The highest BCUT2D eigenvalue weighted by molar-refractivity contribution is 5.83. The molecule has 0 radical (unpaired) electrons. The molecule has 2 heterocycles. The Morgan fingerprint density at radius 1 is 1.16 bits per heavy atom. The molecule has 25 heavy (non-hydrogen) atoms. The third-order valence-corrected chi connectivity index (χ3v) is 5.16. The van der Waals surface area contributed by atoms with Crippen molar-refractivity contribution >= 4 is 5.91 Å². The molecular formula is C20H27N3O2. The number of aromatic nitrogens is 1. The first-order valence-electron chi connectivity index (χ1n) is 9.08. The SMILES string of the molecule is CCC(C(=O)N1CCN(Cc2c(C)noc2C)CC1)c1ccccc1. The molecule has 1 saturated heterocycles. The Kier molecular flexibility index (Phi) is 5.53. The highest BCUT2D eigenvalue weighted by atomic mass is 16.5. The van der Waals surface area contributed by atoms with Gasteiger partial charge in [0, 0.05) is 38.3 Å². The Morgan fingerprint density at radius 2 is 1.84 bits per heavy atom. The van der Waals surface area contributed by atoms with Crippen LogP contribution >= 0.6 is 0 Å². The molecule has 0 bridgehead atoms. The van der Waals surface area contributed by atoms with Crippen LogP contribution in [0.5, 0.6) is 0 Å². The van der Waals surface area contributed by atoms with Gasteiger partial charge in [-0.25, -0.2) is 0 Å². The number of amides is 1. The van der Waals surface area contributed by atoms with E-state index in [1.807, 2.05) is 36.9 Å². The number of carbonyl (C=O) groups excluding carboxylic acids is 1. The number of piperazine rings is 1. The van der Waals surface area contributed by atoms with Crippen LogP contribution in [0.15, 0.2) is 34.9 Å². The third kappa shape index (κ3) is 3.93. The molecule has 134 valence electrons. The summed E-state index contributed by atoms with van der Waals surface area (Å²) in [6, 6.07) is 10.1. The van der Waals surface area contributed by atoms with Crippen molar-refractivity contribution in [2.45, 2.75) is 39.7 Å². The normalized spacial score (nSPS) is 16.8. The lowest BCUT2D eigenvalue weighted by molar-refractivity contribution is -0.134. The first-order chi connectivity index (χ1) is 12.1. The highest BCUT2D eigenvalue weighted by Crippen LogP contribution is 2.23. The van der Waals surface area contributed by atoms with Crippen LogP contribution in [0.1, 0.15) is 41.8 Å². The summed E-state index contributed by atoms with van der Waals surface area (Å²) < 4.78 is 5.25. The van der Waals surface area contributed by atoms with Crippen molar-refractivity contribution in [1.82, 2.24) is 15.0 Å². The number of benzene rings is 1. The zero-order valence-corrected chi connectivity index (χ0v) is 15.4. The van der Waals surface area contributed by atoms with Crippen LogP contribution in [0.2, 0.25) is 0 Å². The minimum Gasteiger partial charge on any atom is -0.361 e. The maximum absolute atomic E-state index is 12.9. The van der Waals surface area contributed by atoms with Crippen molar-refractivity contribution in [3.8, 4) is 0 Å². The van der Waals surface area contributed by atoms with E-state index in [9.17, 15) is 4.79 Å². The zero-order chi connectivity index (χ0) is 17.8. The Bertz CT molecular complexity index is 683. The van der Waals surface area contributed by atoms with Crippen molar-refractivity contribution in [2.75, 3.05) is 26.2 Å². The molecule has 1 unspecified atom stereocenters. The van der Waals surface area contributed by atoms with Crippen molar-refractivity contribution < 1.29 is 9.32 Å². The molecule has 1 aliphatic heterocycles. The van der Waals surface area contributed by atoms with Crippen LogP contribution in [0.4, 0.5) is 0 Å². The van der Waals surface area contributed by atoms with Gasteiger partial charge in [-0.3, -0.25) is 9.69 Å².